The van der Waals surface area contributed by atoms with Crippen LogP contribution >= 0.6 is 0 Å². The second kappa shape index (κ2) is 32.7. The number of unbranched alkanes of at least 4 members (excludes halogenated alkanes) is 14. The summed E-state index contributed by atoms with van der Waals surface area (Å²) in [7, 11) is 0. The maximum atomic E-state index is 11.9. The van der Waals surface area contributed by atoms with Gasteiger partial charge in [-0.15, -0.1) is 0 Å². The molecule has 43 heavy (non-hydrogen) atoms. The number of allylic oxidation sites excluding steroid dienone is 6. The molecule has 0 fully saturated rings. The molecule has 2 N–H and O–H groups in total. The Balaban J connectivity index is 3.67. The van der Waals surface area contributed by atoms with Crippen LogP contribution in [0.3, 0.4) is 0 Å². The first-order valence-corrected chi connectivity index (χ1v) is 17.3. The highest BCUT2D eigenvalue weighted by Gasteiger charge is 2.12. The molecule has 0 rings (SSSR count). The third kappa shape index (κ3) is 32.6. The summed E-state index contributed by atoms with van der Waals surface area (Å²) < 4.78 is 10.2. The molecule has 0 aromatic rings. The van der Waals surface area contributed by atoms with E-state index in [1.54, 1.807) is 6.08 Å². The van der Waals surface area contributed by atoms with E-state index in [2.05, 4.69) is 32.1 Å². The molecule has 0 heterocycles. The van der Waals surface area contributed by atoms with Crippen molar-refractivity contribution in [3.8, 4) is 0 Å². The van der Waals surface area contributed by atoms with Crippen molar-refractivity contribution in [2.24, 2.45) is 0 Å². The van der Waals surface area contributed by atoms with Crippen molar-refractivity contribution in [2.45, 2.75) is 161 Å². The molecule has 0 saturated carbocycles. The van der Waals surface area contributed by atoms with E-state index in [0.717, 1.165) is 32.1 Å². The third-order valence-corrected chi connectivity index (χ3v) is 7.15. The van der Waals surface area contributed by atoms with Gasteiger partial charge in [0.25, 0.3) is 0 Å². The van der Waals surface area contributed by atoms with E-state index in [0.29, 0.717) is 25.7 Å². The number of carbonyl (C=O) groups is 2. The monoisotopic (exact) mass is 604 g/mol. The summed E-state index contributed by atoms with van der Waals surface area (Å²) in [5.41, 5.74) is 0. The number of ether oxygens (including phenoxy) is 2. The van der Waals surface area contributed by atoms with Crippen LogP contribution in [0.1, 0.15) is 149 Å². The molecule has 0 aliphatic heterocycles. The van der Waals surface area contributed by atoms with Crippen LogP contribution in [-0.2, 0) is 19.1 Å². The molecule has 0 saturated heterocycles. The van der Waals surface area contributed by atoms with E-state index >= 15 is 0 Å². The van der Waals surface area contributed by atoms with Crippen molar-refractivity contribution >= 4 is 11.9 Å². The number of esters is 2. The molecule has 0 bridgehead atoms. The quantitative estimate of drug-likeness (QED) is 0.0367. The lowest BCUT2D eigenvalue weighted by Gasteiger charge is -2.12. The van der Waals surface area contributed by atoms with Crippen LogP contribution in [0.2, 0.25) is 0 Å². The number of rotatable bonds is 30. The standard InChI is InChI=1S/C37H64O6/c1-3-5-7-9-11-13-14-16-18-22-26-30-36(40)42-32-35(39)33-43-37(41)31-27-23-19-21-25-29-34(38)28-24-20-17-15-12-10-8-6-4-2/h12,15,19-21,24-25,29,34-35,38-39H,3-11,13-14,16-18,22-23,26-28,30-33H2,1-2H3/b15-12-,21-19+,24-20-,29-25-/t34?,35-/m0/s1. The molecule has 0 spiro atoms. The molecular formula is C37H64O6. The van der Waals surface area contributed by atoms with Gasteiger partial charge in [-0.05, 0) is 44.9 Å². The smallest absolute Gasteiger partial charge is 0.305 e. The number of hydrogen-bond acceptors (Lipinski definition) is 6. The van der Waals surface area contributed by atoms with Gasteiger partial charge in [-0.25, -0.2) is 0 Å². The third-order valence-electron chi connectivity index (χ3n) is 7.15. The van der Waals surface area contributed by atoms with E-state index < -0.39 is 12.2 Å². The molecule has 2 atom stereocenters. The Bertz CT molecular complexity index is 754. The molecule has 0 aliphatic carbocycles. The molecule has 248 valence electrons. The highest BCUT2D eigenvalue weighted by molar-refractivity contribution is 5.69. The van der Waals surface area contributed by atoms with E-state index in [-0.39, 0.29) is 31.6 Å². The fraction of sp³-hybridized carbons (Fsp3) is 0.730. The fourth-order valence-electron chi connectivity index (χ4n) is 4.45. The van der Waals surface area contributed by atoms with Gasteiger partial charge in [-0.3, -0.25) is 9.59 Å². The van der Waals surface area contributed by atoms with Crippen LogP contribution < -0.4 is 0 Å². The van der Waals surface area contributed by atoms with E-state index in [4.69, 9.17) is 9.47 Å². The summed E-state index contributed by atoms with van der Waals surface area (Å²) in [6.07, 6.45) is 36.2. The van der Waals surface area contributed by atoms with Crippen molar-refractivity contribution in [1.82, 2.24) is 0 Å². The van der Waals surface area contributed by atoms with E-state index in [1.807, 2.05) is 24.3 Å². The minimum absolute atomic E-state index is 0.156. The summed E-state index contributed by atoms with van der Waals surface area (Å²) in [6, 6.07) is 0. The second-order valence-corrected chi connectivity index (χ2v) is 11.5. The summed E-state index contributed by atoms with van der Waals surface area (Å²) >= 11 is 0. The number of aliphatic hydroxyl groups is 2. The van der Waals surface area contributed by atoms with Gasteiger partial charge in [0, 0.05) is 12.8 Å². The molecule has 0 radical (unpaired) electrons. The zero-order chi connectivity index (χ0) is 31.6. The van der Waals surface area contributed by atoms with Crippen LogP contribution in [-0.4, -0.2) is 47.6 Å². The van der Waals surface area contributed by atoms with Gasteiger partial charge in [0.15, 0.2) is 0 Å². The topological polar surface area (TPSA) is 93.1 Å². The zero-order valence-corrected chi connectivity index (χ0v) is 27.6. The van der Waals surface area contributed by atoms with Crippen LogP contribution in [0.5, 0.6) is 0 Å². The van der Waals surface area contributed by atoms with Gasteiger partial charge in [0.05, 0.1) is 6.10 Å². The summed E-state index contributed by atoms with van der Waals surface area (Å²) in [6.45, 7) is 4.12. The molecule has 0 aromatic carbocycles. The van der Waals surface area contributed by atoms with Gasteiger partial charge in [0.2, 0.25) is 0 Å². The van der Waals surface area contributed by atoms with Crippen molar-refractivity contribution < 1.29 is 29.3 Å². The summed E-state index contributed by atoms with van der Waals surface area (Å²) in [4.78, 5) is 23.8. The van der Waals surface area contributed by atoms with Crippen molar-refractivity contribution in [3.63, 3.8) is 0 Å². The molecule has 6 heteroatoms. The average molecular weight is 605 g/mol. The lowest BCUT2D eigenvalue weighted by atomic mass is 10.1. The number of aliphatic hydroxyl groups excluding tert-OH is 2. The first kappa shape index (κ1) is 40.8. The van der Waals surface area contributed by atoms with Crippen molar-refractivity contribution in [3.05, 3.63) is 48.6 Å². The highest BCUT2D eigenvalue weighted by Crippen LogP contribution is 2.12. The zero-order valence-electron chi connectivity index (χ0n) is 27.6. The maximum Gasteiger partial charge on any atom is 0.305 e. The first-order valence-electron chi connectivity index (χ1n) is 17.3. The van der Waals surface area contributed by atoms with Crippen molar-refractivity contribution in [2.75, 3.05) is 13.2 Å². The molecule has 0 amide bonds. The lowest BCUT2D eigenvalue weighted by molar-refractivity contribution is -0.152. The molecule has 0 aromatic heterocycles. The predicted octanol–water partition coefficient (Wildman–Crippen LogP) is 9.25. The molecule has 1 unspecified atom stereocenters. The molecular weight excluding hydrogens is 540 g/mol. The van der Waals surface area contributed by atoms with Gasteiger partial charge in [0.1, 0.15) is 19.3 Å². The largest absolute Gasteiger partial charge is 0.463 e. The minimum Gasteiger partial charge on any atom is -0.463 e. The van der Waals surface area contributed by atoms with Gasteiger partial charge < -0.3 is 19.7 Å². The lowest BCUT2D eigenvalue weighted by Crippen LogP contribution is -2.25. The van der Waals surface area contributed by atoms with E-state index in [9.17, 15) is 19.8 Å². The van der Waals surface area contributed by atoms with Crippen molar-refractivity contribution in [1.29, 1.82) is 0 Å². The Morgan fingerprint density at radius 2 is 1.09 bits per heavy atom. The van der Waals surface area contributed by atoms with Gasteiger partial charge in [-0.2, -0.15) is 0 Å². The Kier molecular flexibility index (Phi) is 31.1. The highest BCUT2D eigenvalue weighted by atomic mass is 16.6. The molecule has 6 nitrogen and oxygen atoms in total. The Labute approximate surface area is 263 Å². The van der Waals surface area contributed by atoms with Crippen LogP contribution in [0.15, 0.2) is 48.6 Å². The Hall–Kier alpha value is -2.18. The summed E-state index contributed by atoms with van der Waals surface area (Å²) in [5.74, 6) is -0.694. The maximum absolute atomic E-state index is 11.9. The summed E-state index contributed by atoms with van der Waals surface area (Å²) in [5, 5.41) is 20.0. The average Bonchev–Trinajstić information content (AvgIpc) is 3.00. The normalized spacial score (nSPS) is 13.5. The van der Waals surface area contributed by atoms with Crippen LogP contribution in [0.25, 0.3) is 0 Å². The second-order valence-electron chi connectivity index (χ2n) is 11.5. The SMILES string of the molecule is CCCCC/C=C\C/C=C\CC(O)/C=C\C=C\CCCC(=O)OC[C@@H](O)COC(=O)CCCCCCCCCCCCC. The Morgan fingerprint density at radius 3 is 1.72 bits per heavy atom. The van der Waals surface area contributed by atoms with Crippen LogP contribution in [0.4, 0.5) is 0 Å². The number of hydrogen-bond donors (Lipinski definition) is 2. The van der Waals surface area contributed by atoms with Gasteiger partial charge >= 0.3 is 11.9 Å². The Morgan fingerprint density at radius 1 is 0.581 bits per heavy atom. The minimum atomic E-state index is -1.01. The fourth-order valence-corrected chi connectivity index (χ4v) is 4.45. The first-order chi connectivity index (χ1) is 21.0. The predicted molar refractivity (Wildman–Crippen MR) is 179 cm³/mol. The van der Waals surface area contributed by atoms with Gasteiger partial charge in [-0.1, -0.05) is 140 Å². The number of carbonyl (C=O) groups excluding carboxylic acids is 2. The van der Waals surface area contributed by atoms with E-state index in [1.165, 1.54) is 70.6 Å². The molecule has 0 aliphatic rings. The van der Waals surface area contributed by atoms with Crippen LogP contribution in [0, 0.1) is 0 Å².